The molecular weight excluding hydrogens is 492 g/mol. The fourth-order valence-corrected chi connectivity index (χ4v) is 5.23. The Labute approximate surface area is 246 Å². The topological polar surface area (TPSA) is 35.5 Å². The van der Waals surface area contributed by atoms with Crippen LogP contribution in [0.3, 0.4) is 0 Å². The van der Waals surface area contributed by atoms with E-state index in [9.17, 15) is 4.79 Å². The molecule has 1 unspecified atom stereocenters. The number of esters is 1. The minimum absolute atomic E-state index is 0.0242. The van der Waals surface area contributed by atoms with E-state index in [0.29, 0.717) is 11.3 Å². The molecule has 0 spiro atoms. The lowest BCUT2D eigenvalue weighted by atomic mass is 10.0. The van der Waals surface area contributed by atoms with Crippen LogP contribution < -0.4 is 4.74 Å². The fraction of sp³-hybridized carbons (Fsp3) is 0.649. The number of benzene rings is 2. The Morgan fingerprint density at radius 3 is 1.68 bits per heavy atom. The summed E-state index contributed by atoms with van der Waals surface area (Å²) in [6.07, 6.45) is 25.2. The number of para-hydroxylation sites is 1. The van der Waals surface area contributed by atoms with Crippen LogP contribution in [-0.2, 0) is 11.2 Å². The highest BCUT2D eigenvalue weighted by atomic mass is 16.5. The van der Waals surface area contributed by atoms with Gasteiger partial charge >= 0.3 is 5.97 Å². The van der Waals surface area contributed by atoms with E-state index in [2.05, 4.69) is 20.8 Å². The summed E-state index contributed by atoms with van der Waals surface area (Å²) in [6, 6.07) is 15.5. The summed E-state index contributed by atoms with van der Waals surface area (Å²) in [6.45, 7) is 7.33. The number of hydrogen-bond donors (Lipinski definition) is 0. The Bertz CT molecular complexity index is 889. The number of rotatable bonds is 24. The summed E-state index contributed by atoms with van der Waals surface area (Å²) in [5.74, 6) is 0.359. The molecule has 0 saturated heterocycles. The molecule has 3 nitrogen and oxygen atoms in total. The first-order valence-corrected chi connectivity index (χ1v) is 16.7. The van der Waals surface area contributed by atoms with Gasteiger partial charge in [-0.05, 0) is 55.5 Å². The summed E-state index contributed by atoms with van der Waals surface area (Å²) in [5, 5.41) is 0. The van der Waals surface area contributed by atoms with E-state index in [0.717, 1.165) is 43.4 Å². The first kappa shape index (κ1) is 34.1. The van der Waals surface area contributed by atoms with Crippen molar-refractivity contribution in [3.05, 3.63) is 65.2 Å². The molecule has 2 aromatic carbocycles. The second-order valence-electron chi connectivity index (χ2n) is 11.5. The van der Waals surface area contributed by atoms with Crippen LogP contribution in [0.25, 0.3) is 0 Å². The Hall–Kier alpha value is -2.13. The zero-order chi connectivity index (χ0) is 28.7. The highest BCUT2D eigenvalue weighted by Crippen LogP contribution is 2.23. The van der Waals surface area contributed by atoms with Crippen molar-refractivity contribution in [1.82, 2.24) is 0 Å². The molecular formula is C37H58O3. The fourth-order valence-electron chi connectivity index (χ4n) is 5.23. The zero-order valence-electron chi connectivity index (χ0n) is 26.1. The van der Waals surface area contributed by atoms with Crippen molar-refractivity contribution in [2.45, 2.75) is 149 Å². The molecule has 0 radical (unpaired) electrons. The van der Waals surface area contributed by atoms with E-state index in [1.807, 2.05) is 48.5 Å². The van der Waals surface area contributed by atoms with E-state index in [1.54, 1.807) is 0 Å². The van der Waals surface area contributed by atoms with Crippen molar-refractivity contribution < 1.29 is 14.3 Å². The number of carbonyl (C=O) groups is 1. The highest BCUT2D eigenvalue weighted by Gasteiger charge is 2.13. The maximum atomic E-state index is 12.7. The van der Waals surface area contributed by atoms with Crippen LogP contribution in [0.4, 0.5) is 0 Å². The molecule has 1 atom stereocenters. The van der Waals surface area contributed by atoms with Gasteiger partial charge in [-0.3, -0.25) is 0 Å². The van der Waals surface area contributed by atoms with Gasteiger partial charge in [-0.2, -0.15) is 0 Å². The van der Waals surface area contributed by atoms with E-state index >= 15 is 0 Å². The van der Waals surface area contributed by atoms with Crippen LogP contribution in [0.1, 0.15) is 164 Å². The lowest BCUT2D eigenvalue weighted by Gasteiger charge is -2.14. The zero-order valence-corrected chi connectivity index (χ0v) is 26.1. The van der Waals surface area contributed by atoms with E-state index < -0.39 is 0 Å². The van der Waals surface area contributed by atoms with Crippen LogP contribution >= 0.6 is 0 Å². The number of aryl methyl sites for hydroxylation is 1. The Balaban J connectivity index is 1.50. The van der Waals surface area contributed by atoms with E-state index in [4.69, 9.17) is 9.47 Å². The average molecular weight is 551 g/mol. The molecule has 0 bridgehead atoms. The molecule has 0 aliphatic carbocycles. The first-order chi connectivity index (χ1) is 19.7. The minimum Gasteiger partial charge on any atom is -0.423 e. The van der Waals surface area contributed by atoms with Gasteiger partial charge in [0.1, 0.15) is 5.75 Å². The molecule has 0 heterocycles. The summed E-state index contributed by atoms with van der Waals surface area (Å²) in [7, 11) is 0. The number of carbonyl (C=O) groups excluding carboxylic acids is 1. The molecule has 2 aromatic rings. The molecule has 0 N–H and O–H groups in total. The second-order valence-corrected chi connectivity index (χ2v) is 11.5. The van der Waals surface area contributed by atoms with Crippen molar-refractivity contribution in [2.75, 3.05) is 6.61 Å². The van der Waals surface area contributed by atoms with Crippen LogP contribution in [-0.4, -0.2) is 12.6 Å². The van der Waals surface area contributed by atoms with Gasteiger partial charge in [0.05, 0.1) is 11.7 Å². The molecule has 0 amide bonds. The van der Waals surface area contributed by atoms with Crippen LogP contribution in [0.2, 0.25) is 0 Å². The molecule has 0 aliphatic heterocycles. The monoisotopic (exact) mass is 550 g/mol. The first-order valence-electron chi connectivity index (χ1n) is 16.7. The Morgan fingerprint density at radius 2 is 1.12 bits per heavy atom. The molecule has 224 valence electrons. The molecule has 0 aliphatic rings. The van der Waals surface area contributed by atoms with Gasteiger partial charge in [0, 0.05) is 6.61 Å². The summed E-state index contributed by atoms with van der Waals surface area (Å²) < 4.78 is 11.8. The standard InChI is InChI=1S/C37H58O3/c1-4-6-8-9-10-11-12-13-14-15-16-17-18-19-20-23-31-39-32(3)33-27-29-35(30-28-33)37(38)40-36-26-22-21-25-34(36)24-7-5-2/h21-22,25-30,32H,4-20,23-24,31H2,1-3H3. The lowest BCUT2D eigenvalue weighted by Crippen LogP contribution is -2.10. The second kappa shape index (κ2) is 22.5. The van der Waals surface area contributed by atoms with Crippen LogP contribution in [0.15, 0.2) is 48.5 Å². The molecule has 2 rings (SSSR count). The van der Waals surface area contributed by atoms with Gasteiger partial charge in [0.2, 0.25) is 0 Å². The van der Waals surface area contributed by atoms with Gasteiger partial charge in [-0.25, -0.2) is 4.79 Å². The quantitative estimate of drug-likeness (QED) is 0.0740. The van der Waals surface area contributed by atoms with Gasteiger partial charge < -0.3 is 9.47 Å². The van der Waals surface area contributed by atoms with Crippen molar-refractivity contribution in [3.63, 3.8) is 0 Å². The van der Waals surface area contributed by atoms with Crippen LogP contribution in [0, 0.1) is 0 Å². The highest BCUT2D eigenvalue weighted by molar-refractivity contribution is 5.91. The van der Waals surface area contributed by atoms with E-state index in [1.165, 1.54) is 96.3 Å². The summed E-state index contributed by atoms with van der Waals surface area (Å²) >= 11 is 0. The molecule has 0 aromatic heterocycles. The maximum Gasteiger partial charge on any atom is 0.343 e. The smallest absolute Gasteiger partial charge is 0.343 e. The predicted octanol–water partition coefficient (Wildman–Crippen LogP) is 11.6. The maximum absolute atomic E-state index is 12.7. The summed E-state index contributed by atoms with van der Waals surface area (Å²) in [5.41, 5.74) is 2.75. The van der Waals surface area contributed by atoms with Gasteiger partial charge in [0.15, 0.2) is 0 Å². The van der Waals surface area contributed by atoms with Crippen molar-refractivity contribution in [2.24, 2.45) is 0 Å². The molecule has 0 fully saturated rings. The largest absolute Gasteiger partial charge is 0.423 e. The molecule has 40 heavy (non-hydrogen) atoms. The predicted molar refractivity (Wildman–Crippen MR) is 170 cm³/mol. The third-order valence-corrected chi connectivity index (χ3v) is 7.96. The Morgan fingerprint density at radius 1 is 0.625 bits per heavy atom. The third-order valence-electron chi connectivity index (χ3n) is 7.96. The van der Waals surface area contributed by atoms with Crippen molar-refractivity contribution in [1.29, 1.82) is 0 Å². The lowest BCUT2D eigenvalue weighted by molar-refractivity contribution is 0.0626. The summed E-state index contributed by atoms with van der Waals surface area (Å²) in [4.78, 5) is 12.7. The van der Waals surface area contributed by atoms with Gasteiger partial charge in [-0.1, -0.05) is 147 Å². The van der Waals surface area contributed by atoms with Gasteiger partial charge in [-0.15, -0.1) is 0 Å². The van der Waals surface area contributed by atoms with E-state index in [-0.39, 0.29) is 12.1 Å². The number of hydrogen-bond acceptors (Lipinski definition) is 3. The molecule has 0 saturated carbocycles. The minimum atomic E-state index is -0.308. The Kier molecular flexibility index (Phi) is 19.2. The number of ether oxygens (including phenoxy) is 2. The van der Waals surface area contributed by atoms with Gasteiger partial charge in [0.25, 0.3) is 0 Å². The van der Waals surface area contributed by atoms with Crippen LogP contribution in [0.5, 0.6) is 5.75 Å². The normalized spacial score (nSPS) is 12.0. The van der Waals surface area contributed by atoms with Crippen molar-refractivity contribution in [3.8, 4) is 5.75 Å². The molecule has 3 heteroatoms. The number of unbranched alkanes of at least 4 members (excludes halogenated alkanes) is 16. The van der Waals surface area contributed by atoms with Crippen molar-refractivity contribution >= 4 is 5.97 Å². The SMILES string of the molecule is CCCCCCCCCCCCCCCCCCOC(C)c1ccc(C(=O)Oc2ccccc2CCCC)cc1. The third kappa shape index (κ3) is 15.0. The average Bonchev–Trinajstić information content (AvgIpc) is 2.98.